The SMILES string of the molecule is COC(=O)N[C@H](C(=O)NC(Cc1ccc(I)cc1)[C@@H](O)CNCc1c(F)cc(C(=N)/C=C\NC(F)F)cc1F)C(C)(C)C(F)(F)F. The minimum Gasteiger partial charge on any atom is -0.453 e. The summed E-state index contributed by atoms with van der Waals surface area (Å²) >= 11 is 2.05. The monoisotopic (exact) mass is 775 g/mol. The van der Waals surface area contributed by atoms with Gasteiger partial charge in [0.15, 0.2) is 0 Å². The number of aliphatic hydroxyl groups excluding tert-OH is 1. The quantitative estimate of drug-likeness (QED) is 0.0670. The van der Waals surface area contributed by atoms with Crippen molar-refractivity contribution in [3.8, 4) is 0 Å². The maximum atomic E-state index is 14.7. The van der Waals surface area contributed by atoms with Crippen molar-refractivity contribution in [1.82, 2.24) is 21.3 Å². The zero-order valence-electron chi connectivity index (χ0n) is 24.7. The average Bonchev–Trinajstić information content (AvgIpc) is 2.96. The molecule has 46 heavy (non-hydrogen) atoms. The number of aliphatic hydroxyl groups is 1. The van der Waals surface area contributed by atoms with Gasteiger partial charge in [-0.25, -0.2) is 13.6 Å². The zero-order chi connectivity index (χ0) is 34.8. The Hall–Kier alpha value is -3.45. The van der Waals surface area contributed by atoms with E-state index in [1.54, 1.807) is 29.6 Å². The minimum atomic E-state index is -4.94. The lowest BCUT2D eigenvalue weighted by molar-refractivity contribution is -0.220. The van der Waals surface area contributed by atoms with E-state index in [1.165, 1.54) is 0 Å². The molecule has 0 aliphatic heterocycles. The summed E-state index contributed by atoms with van der Waals surface area (Å²) in [5.41, 5.74) is -3.35. The summed E-state index contributed by atoms with van der Waals surface area (Å²) < 4.78 is 101. The standard InChI is InChI=1S/C29H33F7IN5O4/c1-28(2,29(34,35)36)24(42-27(45)46-3)25(44)41-22(10-15-4-6-17(37)7-5-15)23(43)14-39-13-18-19(30)11-16(12-20(18)31)21(38)8-9-40-26(32)33/h4-9,11-12,22-24,26,38-40,43H,10,13-14H2,1-3H3,(H,41,44)(H,42,45)/b9-8-,38-21?/t22?,23-,24+/m0/s1. The van der Waals surface area contributed by atoms with Crippen LogP contribution in [0.2, 0.25) is 0 Å². The molecule has 0 aromatic heterocycles. The molecule has 2 amide bonds. The number of benzene rings is 2. The largest absolute Gasteiger partial charge is 0.453 e. The van der Waals surface area contributed by atoms with Gasteiger partial charge < -0.3 is 36.5 Å². The Morgan fingerprint density at radius 2 is 1.65 bits per heavy atom. The van der Waals surface area contributed by atoms with Gasteiger partial charge in [0.25, 0.3) is 0 Å². The fourth-order valence-corrected chi connectivity index (χ4v) is 4.41. The molecule has 1 unspecified atom stereocenters. The van der Waals surface area contributed by atoms with Crippen LogP contribution in [-0.4, -0.2) is 67.4 Å². The molecule has 0 heterocycles. The Morgan fingerprint density at radius 1 is 1.07 bits per heavy atom. The molecule has 0 fully saturated rings. The van der Waals surface area contributed by atoms with Crippen molar-refractivity contribution < 1.29 is 50.2 Å². The molecule has 0 saturated carbocycles. The lowest BCUT2D eigenvalue weighted by Crippen LogP contribution is -2.62. The van der Waals surface area contributed by atoms with Gasteiger partial charge in [-0.1, -0.05) is 12.1 Å². The highest BCUT2D eigenvalue weighted by molar-refractivity contribution is 14.1. The van der Waals surface area contributed by atoms with Crippen molar-refractivity contribution in [2.75, 3.05) is 13.7 Å². The Labute approximate surface area is 274 Å². The van der Waals surface area contributed by atoms with E-state index in [4.69, 9.17) is 5.41 Å². The van der Waals surface area contributed by atoms with Crippen molar-refractivity contribution >= 4 is 40.3 Å². The molecule has 0 aliphatic carbocycles. The molecule has 254 valence electrons. The summed E-state index contributed by atoms with van der Waals surface area (Å²) in [4.78, 5) is 25.1. The third-order valence-electron chi connectivity index (χ3n) is 6.90. The van der Waals surface area contributed by atoms with Crippen LogP contribution < -0.4 is 21.3 Å². The van der Waals surface area contributed by atoms with Gasteiger partial charge in [0.05, 0.1) is 30.4 Å². The molecule has 17 heteroatoms. The smallest absolute Gasteiger partial charge is 0.407 e. The van der Waals surface area contributed by atoms with E-state index in [9.17, 15) is 45.4 Å². The van der Waals surface area contributed by atoms with E-state index in [0.717, 1.165) is 35.1 Å². The number of methoxy groups -OCH3 is 1. The number of carbonyl (C=O) groups excluding carboxylic acids is 2. The number of rotatable bonds is 15. The number of alkyl carbamates (subject to hydrolysis) is 1. The molecule has 6 N–H and O–H groups in total. The molecule has 0 bridgehead atoms. The fraction of sp³-hybridized carbons (Fsp3) is 0.414. The first kappa shape index (κ1) is 38.7. The molecular weight excluding hydrogens is 742 g/mol. The van der Waals surface area contributed by atoms with Crippen LogP contribution in [0.4, 0.5) is 35.5 Å². The average molecular weight is 776 g/mol. The van der Waals surface area contributed by atoms with E-state index in [-0.39, 0.29) is 12.0 Å². The van der Waals surface area contributed by atoms with E-state index in [1.807, 2.05) is 5.32 Å². The first-order chi connectivity index (χ1) is 21.4. The molecular formula is C29H33F7IN5O4. The highest BCUT2D eigenvalue weighted by Crippen LogP contribution is 2.40. The predicted molar refractivity (Wildman–Crippen MR) is 163 cm³/mol. The second-order valence-electron chi connectivity index (χ2n) is 10.6. The van der Waals surface area contributed by atoms with E-state index in [2.05, 4.69) is 38.0 Å². The number of alkyl halides is 5. The summed E-state index contributed by atoms with van der Waals surface area (Å²) in [6, 6.07) is 5.05. The number of allylic oxidation sites excluding steroid dienone is 1. The topological polar surface area (TPSA) is 136 Å². The number of carbonyl (C=O) groups is 2. The minimum absolute atomic E-state index is 0.0731. The highest BCUT2D eigenvalue weighted by atomic mass is 127. The zero-order valence-corrected chi connectivity index (χ0v) is 26.9. The summed E-state index contributed by atoms with van der Waals surface area (Å²) in [6.45, 7) is -2.35. The normalized spacial score (nSPS) is 14.1. The number of hydrogen-bond donors (Lipinski definition) is 6. The van der Waals surface area contributed by atoms with Crippen LogP contribution in [0.5, 0.6) is 0 Å². The second kappa shape index (κ2) is 16.9. The van der Waals surface area contributed by atoms with Crippen LogP contribution in [0.1, 0.15) is 30.5 Å². The maximum absolute atomic E-state index is 14.7. The molecule has 9 nitrogen and oxygen atoms in total. The second-order valence-corrected chi connectivity index (χ2v) is 11.8. The van der Waals surface area contributed by atoms with Crippen LogP contribution in [-0.2, 0) is 22.5 Å². The van der Waals surface area contributed by atoms with Crippen molar-refractivity contribution in [3.63, 3.8) is 0 Å². The van der Waals surface area contributed by atoms with Crippen LogP contribution in [0, 0.1) is 26.0 Å². The summed E-state index contributed by atoms with van der Waals surface area (Å²) in [5, 5.41) is 27.3. The Balaban J connectivity index is 2.25. The van der Waals surface area contributed by atoms with Crippen LogP contribution in [0.15, 0.2) is 48.7 Å². The fourth-order valence-electron chi connectivity index (χ4n) is 4.05. The van der Waals surface area contributed by atoms with Gasteiger partial charge in [-0.3, -0.25) is 4.79 Å². The van der Waals surface area contributed by atoms with Crippen LogP contribution >= 0.6 is 22.6 Å². The van der Waals surface area contributed by atoms with E-state index >= 15 is 0 Å². The Morgan fingerprint density at radius 3 is 2.17 bits per heavy atom. The molecule has 0 spiro atoms. The third-order valence-corrected chi connectivity index (χ3v) is 7.62. The highest BCUT2D eigenvalue weighted by Gasteiger charge is 2.56. The molecule has 0 saturated heterocycles. The predicted octanol–water partition coefficient (Wildman–Crippen LogP) is 4.75. The van der Waals surface area contributed by atoms with Crippen molar-refractivity contribution in [1.29, 1.82) is 5.41 Å². The van der Waals surface area contributed by atoms with Gasteiger partial charge in [0, 0.05) is 34.0 Å². The maximum Gasteiger partial charge on any atom is 0.407 e. The van der Waals surface area contributed by atoms with Crippen molar-refractivity contribution in [2.24, 2.45) is 5.41 Å². The molecule has 2 aromatic rings. The van der Waals surface area contributed by atoms with Gasteiger partial charge in [0.2, 0.25) is 5.91 Å². The summed E-state index contributed by atoms with van der Waals surface area (Å²) in [5.74, 6) is -3.42. The van der Waals surface area contributed by atoms with Gasteiger partial charge in [-0.2, -0.15) is 22.0 Å². The number of hydrogen-bond acceptors (Lipinski definition) is 7. The van der Waals surface area contributed by atoms with Crippen molar-refractivity contribution in [3.05, 3.63) is 80.6 Å². The van der Waals surface area contributed by atoms with Gasteiger partial charge in [-0.15, -0.1) is 0 Å². The van der Waals surface area contributed by atoms with E-state index < -0.39 is 84.3 Å². The number of amides is 2. The Kier molecular flexibility index (Phi) is 14.2. The van der Waals surface area contributed by atoms with Crippen LogP contribution in [0.25, 0.3) is 0 Å². The molecule has 0 aliphatic rings. The van der Waals surface area contributed by atoms with Gasteiger partial charge in [0.1, 0.15) is 17.7 Å². The molecule has 3 atom stereocenters. The third kappa shape index (κ3) is 11.1. The number of nitrogens with one attached hydrogen (secondary N) is 5. The first-order valence-electron chi connectivity index (χ1n) is 13.5. The molecule has 0 radical (unpaired) electrons. The first-order valence-corrected chi connectivity index (χ1v) is 14.6. The van der Waals surface area contributed by atoms with Crippen molar-refractivity contribution in [2.45, 2.75) is 57.7 Å². The summed E-state index contributed by atoms with van der Waals surface area (Å²) in [7, 11) is 0.911. The lowest BCUT2D eigenvalue weighted by Gasteiger charge is -2.36. The van der Waals surface area contributed by atoms with Gasteiger partial charge >= 0.3 is 18.8 Å². The van der Waals surface area contributed by atoms with Gasteiger partial charge in [-0.05, 0) is 78.8 Å². The van der Waals surface area contributed by atoms with E-state index in [0.29, 0.717) is 19.4 Å². The number of halogens is 8. The molecule has 2 rings (SSSR count). The molecule has 2 aromatic carbocycles. The summed E-state index contributed by atoms with van der Waals surface area (Å²) in [6.07, 6.45) is -6.18. The number of ether oxygens (including phenoxy) is 1. The van der Waals surface area contributed by atoms with Crippen LogP contribution in [0.3, 0.4) is 0 Å². The lowest BCUT2D eigenvalue weighted by atomic mass is 9.82. The Bertz CT molecular complexity index is 1370.